The van der Waals surface area contributed by atoms with E-state index in [0.717, 1.165) is 18.5 Å². The Balaban J connectivity index is 2.09. The van der Waals surface area contributed by atoms with E-state index in [0.29, 0.717) is 23.2 Å². The first-order valence-corrected chi connectivity index (χ1v) is 7.82. The van der Waals surface area contributed by atoms with Gasteiger partial charge in [0.15, 0.2) is 0 Å². The maximum atomic E-state index is 12.1. The second kappa shape index (κ2) is 6.81. The number of hydrogen-bond donors (Lipinski definition) is 1. The quantitative estimate of drug-likeness (QED) is 0.876. The molecule has 2 aromatic rings. The van der Waals surface area contributed by atoms with Crippen LogP contribution in [0, 0.1) is 0 Å². The van der Waals surface area contributed by atoms with Crippen molar-refractivity contribution in [2.75, 3.05) is 5.32 Å². The molecule has 0 radical (unpaired) electrons. The number of nitrogens with one attached hydrogen (secondary N) is 1. The largest absolute Gasteiger partial charge is 0.377 e. The van der Waals surface area contributed by atoms with Crippen molar-refractivity contribution in [3.05, 3.63) is 37.6 Å². The van der Waals surface area contributed by atoms with Crippen molar-refractivity contribution in [2.24, 2.45) is 0 Å². The molecule has 0 aliphatic carbocycles. The van der Waals surface area contributed by atoms with Crippen LogP contribution < -0.4 is 10.9 Å². The lowest BCUT2D eigenvalue weighted by Gasteiger charge is -2.09. The second-order valence-corrected chi connectivity index (χ2v) is 5.60. The van der Waals surface area contributed by atoms with E-state index in [1.807, 2.05) is 5.38 Å². The van der Waals surface area contributed by atoms with E-state index >= 15 is 0 Å². The van der Waals surface area contributed by atoms with Crippen LogP contribution in [0.4, 0.5) is 5.69 Å². The highest BCUT2D eigenvalue weighted by molar-refractivity contribution is 9.10. The van der Waals surface area contributed by atoms with Crippen molar-refractivity contribution in [3.63, 3.8) is 0 Å². The zero-order chi connectivity index (χ0) is 13.7. The van der Waals surface area contributed by atoms with Crippen molar-refractivity contribution in [2.45, 2.75) is 32.9 Å². The third-order valence-corrected chi connectivity index (χ3v) is 4.05. The summed E-state index contributed by atoms with van der Waals surface area (Å²) < 4.78 is 2.01. The van der Waals surface area contributed by atoms with Crippen LogP contribution in [0.2, 0.25) is 0 Å². The molecule has 0 aliphatic heterocycles. The summed E-state index contributed by atoms with van der Waals surface area (Å²) in [6.07, 6.45) is 3.66. The molecule has 2 aromatic heterocycles. The first-order chi connectivity index (χ1) is 9.22. The lowest BCUT2D eigenvalue weighted by molar-refractivity contribution is 0.541. The summed E-state index contributed by atoms with van der Waals surface area (Å²) in [4.78, 5) is 16.2. The molecule has 7 heteroatoms. The van der Waals surface area contributed by atoms with E-state index in [-0.39, 0.29) is 5.56 Å². The molecule has 0 amide bonds. The molecule has 2 rings (SSSR count). The monoisotopic (exact) mass is 342 g/mol. The summed E-state index contributed by atoms with van der Waals surface area (Å²) >= 11 is 4.88. The lowest BCUT2D eigenvalue weighted by atomic mass is 10.3. The zero-order valence-electron chi connectivity index (χ0n) is 10.6. The van der Waals surface area contributed by atoms with Crippen molar-refractivity contribution in [1.82, 2.24) is 14.8 Å². The Morgan fingerprint density at radius 2 is 2.37 bits per heavy atom. The van der Waals surface area contributed by atoms with Crippen LogP contribution >= 0.6 is 27.3 Å². The molecule has 0 unspecified atom stereocenters. The minimum atomic E-state index is -0.100. The highest BCUT2D eigenvalue weighted by Gasteiger charge is 2.08. The first kappa shape index (κ1) is 14.2. The first-order valence-electron chi connectivity index (χ1n) is 6.09. The lowest BCUT2D eigenvalue weighted by Crippen LogP contribution is -2.24. The fourth-order valence-electron chi connectivity index (χ4n) is 1.57. The Hall–Kier alpha value is -1.21. The van der Waals surface area contributed by atoms with Gasteiger partial charge in [0.1, 0.15) is 4.47 Å². The van der Waals surface area contributed by atoms with Crippen molar-refractivity contribution in [3.8, 4) is 0 Å². The standard InChI is InChI=1S/C12H15BrN4OS/c1-2-3-4-17-12(18)11(13)10(6-16-17)14-5-9-7-19-8-15-9/h6-8,14H,2-5H2,1H3. The van der Waals surface area contributed by atoms with Crippen molar-refractivity contribution in [1.29, 1.82) is 0 Å². The van der Waals surface area contributed by atoms with Gasteiger partial charge in [-0.1, -0.05) is 13.3 Å². The summed E-state index contributed by atoms with van der Waals surface area (Å²) in [6.45, 7) is 3.33. The highest BCUT2D eigenvalue weighted by Crippen LogP contribution is 2.17. The number of aromatic nitrogens is 3. The molecule has 1 N–H and O–H groups in total. The van der Waals surface area contributed by atoms with Gasteiger partial charge < -0.3 is 5.32 Å². The molecule has 0 saturated heterocycles. The maximum Gasteiger partial charge on any atom is 0.283 e. The van der Waals surface area contributed by atoms with E-state index in [4.69, 9.17) is 0 Å². The van der Waals surface area contributed by atoms with Gasteiger partial charge in [0.2, 0.25) is 0 Å². The molecule has 0 atom stereocenters. The third kappa shape index (κ3) is 3.63. The SMILES string of the molecule is CCCCn1ncc(NCc2cscn2)c(Br)c1=O. The molecular weight excluding hydrogens is 328 g/mol. The van der Waals surface area contributed by atoms with Crippen LogP contribution in [0.1, 0.15) is 25.5 Å². The number of hydrogen-bond acceptors (Lipinski definition) is 5. The van der Waals surface area contributed by atoms with E-state index in [1.54, 1.807) is 23.0 Å². The summed E-state index contributed by atoms with van der Waals surface area (Å²) in [5, 5.41) is 9.30. The Bertz CT molecular complexity index is 582. The van der Waals surface area contributed by atoms with Gasteiger partial charge in [-0.15, -0.1) is 11.3 Å². The molecule has 102 valence electrons. The van der Waals surface area contributed by atoms with Crippen LogP contribution in [0.25, 0.3) is 0 Å². The van der Waals surface area contributed by atoms with Gasteiger partial charge in [0, 0.05) is 11.9 Å². The fourth-order valence-corrected chi connectivity index (χ4v) is 2.57. The van der Waals surface area contributed by atoms with Gasteiger partial charge in [-0.3, -0.25) is 4.79 Å². The van der Waals surface area contributed by atoms with E-state index in [1.165, 1.54) is 4.68 Å². The molecule has 2 heterocycles. The van der Waals surface area contributed by atoms with E-state index < -0.39 is 0 Å². The maximum absolute atomic E-state index is 12.1. The van der Waals surface area contributed by atoms with Crippen LogP contribution in [0.3, 0.4) is 0 Å². The van der Waals surface area contributed by atoms with E-state index in [2.05, 4.69) is 38.3 Å². The number of rotatable bonds is 6. The van der Waals surface area contributed by atoms with Gasteiger partial charge in [-0.2, -0.15) is 5.10 Å². The Kier molecular flexibility index (Phi) is 5.09. The summed E-state index contributed by atoms with van der Waals surface area (Å²) in [6, 6.07) is 0. The topological polar surface area (TPSA) is 59.8 Å². The number of nitrogens with zero attached hydrogens (tertiary/aromatic N) is 3. The number of aryl methyl sites for hydroxylation is 1. The van der Waals surface area contributed by atoms with Gasteiger partial charge in [0.25, 0.3) is 5.56 Å². The number of halogens is 1. The van der Waals surface area contributed by atoms with E-state index in [9.17, 15) is 4.79 Å². The van der Waals surface area contributed by atoms with Crippen LogP contribution in [0.15, 0.2) is 26.4 Å². The van der Waals surface area contributed by atoms with Gasteiger partial charge in [0.05, 0.1) is 29.6 Å². The summed E-state index contributed by atoms with van der Waals surface area (Å²) in [5.41, 5.74) is 3.34. The smallest absolute Gasteiger partial charge is 0.283 e. The van der Waals surface area contributed by atoms with Gasteiger partial charge >= 0.3 is 0 Å². The number of thiazole rings is 1. The Morgan fingerprint density at radius 1 is 1.53 bits per heavy atom. The molecule has 0 fully saturated rings. The molecule has 0 bridgehead atoms. The zero-order valence-corrected chi connectivity index (χ0v) is 13.0. The number of unbranched alkanes of at least 4 members (excludes halogenated alkanes) is 1. The normalized spacial score (nSPS) is 10.6. The van der Waals surface area contributed by atoms with Gasteiger partial charge in [-0.05, 0) is 22.4 Å². The molecule has 0 aromatic carbocycles. The van der Waals surface area contributed by atoms with Crippen LogP contribution in [0.5, 0.6) is 0 Å². The Labute approximate surface area is 123 Å². The van der Waals surface area contributed by atoms with Gasteiger partial charge in [-0.25, -0.2) is 9.67 Å². The van der Waals surface area contributed by atoms with Crippen LogP contribution in [-0.4, -0.2) is 14.8 Å². The summed E-state index contributed by atoms with van der Waals surface area (Å²) in [5.74, 6) is 0. The van der Waals surface area contributed by atoms with Crippen molar-refractivity contribution >= 4 is 33.0 Å². The predicted octanol–water partition coefficient (Wildman–Crippen LogP) is 2.87. The Morgan fingerprint density at radius 3 is 3.05 bits per heavy atom. The third-order valence-electron chi connectivity index (χ3n) is 2.65. The predicted molar refractivity (Wildman–Crippen MR) is 80.5 cm³/mol. The molecular formula is C12H15BrN4OS. The second-order valence-electron chi connectivity index (χ2n) is 4.09. The average molecular weight is 343 g/mol. The average Bonchev–Trinajstić information content (AvgIpc) is 2.92. The summed E-state index contributed by atoms with van der Waals surface area (Å²) in [7, 11) is 0. The minimum Gasteiger partial charge on any atom is -0.377 e. The highest BCUT2D eigenvalue weighted by atomic mass is 79.9. The molecule has 19 heavy (non-hydrogen) atoms. The van der Waals surface area contributed by atoms with Crippen molar-refractivity contribution < 1.29 is 0 Å². The van der Waals surface area contributed by atoms with Crippen LogP contribution in [-0.2, 0) is 13.1 Å². The number of anilines is 1. The molecule has 0 spiro atoms. The molecule has 0 aliphatic rings. The minimum absolute atomic E-state index is 0.100. The molecule has 0 saturated carbocycles. The fraction of sp³-hybridized carbons (Fsp3) is 0.417. The molecule has 5 nitrogen and oxygen atoms in total.